The zero-order valence-electron chi connectivity index (χ0n) is 9.97. The summed E-state index contributed by atoms with van der Waals surface area (Å²) < 4.78 is 5.00. The van der Waals surface area contributed by atoms with Crippen LogP contribution in [0.2, 0.25) is 0 Å². The normalized spacial score (nSPS) is 10.4. The predicted molar refractivity (Wildman–Crippen MR) is 68.5 cm³/mol. The van der Waals surface area contributed by atoms with Crippen LogP contribution in [0.15, 0.2) is 23.3 Å². The lowest BCUT2D eigenvalue weighted by molar-refractivity contribution is 0.0696. The Morgan fingerprint density at radius 1 is 1.63 bits per heavy atom. The molecule has 0 bridgehead atoms. The maximum Gasteiger partial charge on any atom is 0.335 e. The number of benzene rings is 1. The predicted octanol–water partition coefficient (Wildman–Crippen LogP) is 0.621. The molecule has 0 aliphatic heterocycles. The molecule has 8 heteroatoms. The van der Waals surface area contributed by atoms with Gasteiger partial charge in [-0.05, 0) is 18.2 Å². The fourth-order valence-electron chi connectivity index (χ4n) is 1.18. The number of amidine groups is 1. The van der Waals surface area contributed by atoms with Crippen LogP contribution in [0.25, 0.3) is 0 Å². The highest BCUT2D eigenvalue weighted by Crippen LogP contribution is 2.25. The number of rotatable bonds is 5. The van der Waals surface area contributed by atoms with Gasteiger partial charge in [-0.3, -0.25) is 10.8 Å². The van der Waals surface area contributed by atoms with Crippen molar-refractivity contribution in [2.24, 2.45) is 10.8 Å². The smallest absolute Gasteiger partial charge is 0.335 e. The van der Waals surface area contributed by atoms with Gasteiger partial charge in [0.15, 0.2) is 5.84 Å². The summed E-state index contributed by atoms with van der Waals surface area (Å²) in [5, 5.41) is 28.2. The molecule has 0 aliphatic carbocycles. The van der Waals surface area contributed by atoms with Crippen LogP contribution in [-0.2, 0) is 0 Å². The van der Waals surface area contributed by atoms with Crippen LogP contribution >= 0.6 is 0 Å². The number of methoxy groups -OCH3 is 1. The maximum atomic E-state index is 10.8. The molecule has 0 saturated carbocycles. The second kappa shape index (κ2) is 6.02. The molecule has 0 aliphatic rings. The number of carbonyl (C=O) groups is 1. The monoisotopic (exact) mass is 261 g/mol. The van der Waals surface area contributed by atoms with Crippen molar-refractivity contribution in [1.29, 1.82) is 10.7 Å². The zero-order chi connectivity index (χ0) is 14.4. The van der Waals surface area contributed by atoms with Gasteiger partial charge < -0.3 is 15.6 Å². The minimum atomic E-state index is -1.09. The summed E-state index contributed by atoms with van der Waals surface area (Å²) in [6, 6.07) is 5.73. The number of aromatic carboxylic acids is 1. The molecule has 0 saturated heterocycles. The summed E-state index contributed by atoms with van der Waals surface area (Å²) in [5.74, 6) is -1.32. The molecule has 0 atom stereocenters. The first-order valence-electron chi connectivity index (χ1n) is 4.99. The van der Waals surface area contributed by atoms with E-state index in [1.807, 2.05) is 0 Å². The number of nitriles is 1. The Morgan fingerprint density at radius 3 is 2.79 bits per heavy atom. The van der Waals surface area contributed by atoms with Crippen molar-refractivity contribution in [3.63, 3.8) is 0 Å². The van der Waals surface area contributed by atoms with Crippen LogP contribution in [-0.4, -0.2) is 29.7 Å². The fourth-order valence-corrected chi connectivity index (χ4v) is 1.18. The van der Waals surface area contributed by atoms with Crippen LogP contribution in [0.1, 0.15) is 10.4 Å². The number of hydrogen-bond acceptors (Lipinski definition) is 6. The molecule has 1 aromatic carbocycles. The number of anilines is 1. The minimum Gasteiger partial charge on any atom is -0.494 e. The van der Waals surface area contributed by atoms with Crippen LogP contribution in [0.4, 0.5) is 5.69 Å². The summed E-state index contributed by atoms with van der Waals surface area (Å²) in [6.45, 7) is 0. The van der Waals surface area contributed by atoms with Gasteiger partial charge in [-0.25, -0.2) is 4.79 Å². The van der Waals surface area contributed by atoms with Crippen molar-refractivity contribution in [2.75, 3.05) is 12.5 Å². The number of hydrazone groups is 1. The molecule has 0 amide bonds. The summed E-state index contributed by atoms with van der Waals surface area (Å²) in [5.41, 5.74) is 7.73. The van der Waals surface area contributed by atoms with E-state index < -0.39 is 11.8 Å². The molecular formula is C11H11N5O3. The Morgan fingerprint density at radius 2 is 2.32 bits per heavy atom. The molecule has 0 fully saturated rings. The van der Waals surface area contributed by atoms with E-state index in [4.69, 9.17) is 26.2 Å². The van der Waals surface area contributed by atoms with E-state index in [0.717, 1.165) is 0 Å². The average molecular weight is 261 g/mol. The molecule has 98 valence electrons. The third-order valence-corrected chi connectivity index (χ3v) is 2.10. The summed E-state index contributed by atoms with van der Waals surface area (Å²) >= 11 is 0. The van der Waals surface area contributed by atoms with E-state index in [1.165, 1.54) is 25.3 Å². The van der Waals surface area contributed by atoms with E-state index >= 15 is 0 Å². The molecule has 8 nitrogen and oxygen atoms in total. The molecule has 19 heavy (non-hydrogen) atoms. The standard InChI is InChI=1S/C11H11N5O3/c1-19-9-4-6(11(17)18)2-3-7(9)15-16-8(5-12)10(13)14/h2-4,15H,1H3,(H3,13,14)(H,17,18)/b16-8+. The van der Waals surface area contributed by atoms with Gasteiger partial charge in [0, 0.05) is 0 Å². The van der Waals surface area contributed by atoms with E-state index in [9.17, 15) is 4.79 Å². The lowest BCUT2D eigenvalue weighted by Crippen LogP contribution is -2.21. The second-order valence-electron chi connectivity index (χ2n) is 3.32. The number of nitrogens with one attached hydrogen (secondary N) is 2. The van der Waals surface area contributed by atoms with Crippen molar-refractivity contribution in [2.45, 2.75) is 0 Å². The Hall–Kier alpha value is -3.08. The van der Waals surface area contributed by atoms with Crippen molar-refractivity contribution >= 4 is 23.2 Å². The Bertz CT molecular complexity index is 588. The lowest BCUT2D eigenvalue weighted by atomic mass is 10.2. The van der Waals surface area contributed by atoms with Crippen LogP contribution in [0.5, 0.6) is 5.75 Å². The first-order chi connectivity index (χ1) is 8.99. The first-order valence-corrected chi connectivity index (χ1v) is 4.99. The molecule has 1 rings (SSSR count). The molecule has 0 radical (unpaired) electrons. The van der Waals surface area contributed by atoms with E-state index in [0.29, 0.717) is 5.69 Å². The fraction of sp³-hybridized carbons (Fsp3) is 0.0909. The second-order valence-corrected chi connectivity index (χ2v) is 3.32. The minimum absolute atomic E-state index is 0.0541. The van der Waals surface area contributed by atoms with Crippen molar-refractivity contribution in [3.05, 3.63) is 23.8 Å². The Labute approximate surface area is 108 Å². The number of ether oxygens (including phenoxy) is 1. The van der Waals surface area contributed by atoms with Crippen LogP contribution in [0.3, 0.4) is 0 Å². The van der Waals surface area contributed by atoms with Gasteiger partial charge in [-0.1, -0.05) is 0 Å². The van der Waals surface area contributed by atoms with Crippen LogP contribution < -0.4 is 15.9 Å². The maximum absolute atomic E-state index is 10.8. The topological polar surface area (TPSA) is 145 Å². The highest BCUT2D eigenvalue weighted by atomic mass is 16.5. The third kappa shape index (κ3) is 3.44. The van der Waals surface area contributed by atoms with Gasteiger partial charge in [0.2, 0.25) is 5.71 Å². The molecule has 1 aromatic rings. The number of nitrogens with zero attached hydrogens (tertiary/aromatic N) is 2. The first kappa shape index (κ1) is 14.0. The molecule has 0 spiro atoms. The average Bonchev–Trinajstić information content (AvgIpc) is 2.38. The van der Waals surface area contributed by atoms with E-state index in [2.05, 4.69) is 10.5 Å². The van der Waals surface area contributed by atoms with Crippen molar-refractivity contribution in [1.82, 2.24) is 0 Å². The SMILES string of the molecule is COc1cc(C(=O)O)ccc1N/N=C(\C#N)C(=N)N. The molecule has 5 N–H and O–H groups in total. The van der Waals surface area contributed by atoms with Gasteiger partial charge >= 0.3 is 5.97 Å². The van der Waals surface area contributed by atoms with E-state index in [1.54, 1.807) is 6.07 Å². The van der Waals surface area contributed by atoms with Gasteiger partial charge in [0.1, 0.15) is 11.8 Å². The number of carboxylic acids is 1. The molecular weight excluding hydrogens is 250 g/mol. The third-order valence-electron chi connectivity index (χ3n) is 2.10. The highest BCUT2D eigenvalue weighted by Gasteiger charge is 2.09. The van der Waals surface area contributed by atoms with Gasteiger partial charge in [-0.15, -0.1) is 0 Å². The van der Waals surface area contributed by atoms with E-state index in [-0.39, 0.29) is 17.0 Å². The summed E-state index contributed by atoms with van der Waals surface area (Å²) in [6.07, 6.45) is 0. The lowest BCUT2D eigenvalue weighted by Gasteiger charge is -2.08. The van der Waals surface area contributed by atoms with Gasteiger partial charge in [-0.2, -0.15) is 10.4 Å². The largest absolute Gasteiger partial charge is 0.494 e. The highest BCUT2D eigenvalue weighted by molar-refractivity contribution is 6.45. The number of hydrogen-bond donors (Lipinski definition) is 4. The van der Waals surface area contributed by atoms with Crippen molar-refractivity contribution in [3.8, 4) is 11.8 Å². The van der Waals surface area contributed by atoms with Gasteiger partial charge in [0.25, 0.3) is 0 Å². The quantitative estimate of drug-likeness (QED) is 0.347. The number of carboxylic acid groups (broad SMARTS) is 1. The summed E-state index contributed by atoms with van der Waals surface area (Å²) in [7, 11) is 1.37. The molecule has 0 heterocycles. The summed E-state index contributed by atoms with van der Waals surface area (Å²) in [4.78, 5) is 10.8. The van der Waals surface area contributed by atoms with Crippen molar-refractivity contribution < 1.29 is 14.6 Å². The molecule has 0 aromatic heterocycles. The van der Waals surface area contributed by atoms with Crippen LogP contribution in [0, 0.1) is 16.7 Å². The number of nitrogens with two attached hydrogens (primary N) is 1. The van der Waals surface area contributed by atoms with Gasteiger partial charge in [0.05, 0.1) is 18.4 Å². The zero-order valence-corrected chi connectivity index (χ0v) is 9.97. The molecule has 0 unspecified atom stereocenters. The Balaban J connectivity index is 3.06. The Kier molecular flexibility index (Phi) is 4.43.